The fourth-order valence-electron chi connectivity index (χ4n) is 4.14. The predicted octanol–water partition coefficient (Wildman–Crippen LogP) is 4.26. The molecule has 0 spiro atoms. The first-order chi connectivity index (χ1) is 14.8. The van der Waals surface area contributed by atoms with Gasteiger partial charge in [0, 0.05) is 18.8 Å². The minimum atomic E-state index is 0.122. The van der Waals surface area contributed by atoms with Crippen LogP contribution in [0.2, 0.25) is 0 Å². The molecule has 1 aromatic carbocycles. The molecule has 1 saturated heterocycles. The van der Waals surface area contributed by atoms with Crippen LogP contribution >= 0.6 is 23.1 Å². The third-order valence-electron chi connectivity index (χ3n) is 5.60. The molecule has 30 heavy (non-hydrogen) atoms. The molecule has 1 atom stereocenters. The van der Waals surface area contributed by atoms with Crippen molar-refractivity contribution in [3.8, 4) is 10.7 Å². The number of aromatic nitrogens is 3. The Bertz CT molecular complexity index is 1010. The van der Waals surface area contributed by atoms with E-state index in [9.17, 15) is 4.79 Å². The van der Waals surface area contributed by atoms with E-state index in [1.54, 1.807) is 11.3 Å². The summed E-state index contributed by atoms with van der Waals surface area (Å²) < 4.78 is 7.98. The first-order valence-electron chi connectivity index (χ1n) is 10.4. The molecule has 2 aliphatic heterocycles. The maximum Gasteiger partial charge on any atom is 0.237 e. The number of amides is 1. The Kier molecular flexibility index (Phi) is 5.88. The molecule has 156 valence electrons. The maximum atomic E-state index is 13.1. The van der Waals surface area contributed by atoms with E-state index < -0.39 is 0 Å². The van der Waals surface area contributed by atoms with Crippen LogP contribution in [0, 0.1) is 0 Å². The molecular weight excluding hydrogens is 416 g/mol. The summed E-state index contributed by atoms with van der Waals surface area (Å²) >= 11 is 3.12. The van der Waals surface area contributed by atoms with Crippen molar-refractivity contribution in [2.24, 2.45) is 0 Å². The topological polar surface area (TPSA) is 60.3 Å². The van der Waals surface area contributed by atoms with E-state index in [0.29, 0.717) is 5.75 Å². The lowest BCUT2D eigenvalue weighted by Gasteiger charge is -2.29. The largest absolute Gasteiger partial charge is 0.376 e. The number of rotatable bonds is 6. The van der Waals surface area contributed by atoms with Gasteiger partial charge in [0.2, 0.25) is 5.91 Å². The monoisotopic (exact) mass is 440 g/mol. The number of fused-ring (bicyclic) bond motifs is 1. The van der Waals surface area contributed by atoms with Crippen LogP contribution in [0.5, 0.6) is 0 Å². The van der Waals surface area contributed by atoms with Gasteiger partial charge < -0.3 is 9.64 Å². The lowest BCUT2D eigenvalue weighted by molar-refractivity contribution is -0.116. The van der Waals surface area contributed by atoms with Gasteiger partial charge in [-0.15, -0.1) is 21.5 Å². The molecule has 0 saturated carbocycles. The zero-order valence-electron chi connectivity index (χ0n) is 16.7. The zero-order chi connectivity index (χ0) is 20.3. The van der Waals surface area contributed by atoms with Crippen molar-refractivity contribution in [3.63, 3.8) is 0 Å². The lowest BCUT2D eigenvalue weighted by Crippen LogP contribution is -2.36. The van der Waals surface area contributed by atoms with Crippen molar-refractivity contribution in [2.45, 2.75) is 43.5 Å². The third kappa shape index (κ3) is 4.04. The Morgan fingerprint density at radius 3 is 2.97 bits per heavy atom. The van der Waals surface area contributed by atoms with Crippen LogP contribution in [0.25, 0.3) is 10.7 Å². The first kappa shape index (κ1) is 19.8. The minimum absolute atomic E-state index is 0.122. The molecule has 2 aromatic heterocycles. The Morgan fingerprint density at radius 1 is 1.20 bits per heavy atom. The smallest absolute Gasteiger partial charge is 0.237 e. The van der Waals surface area contributed by atoms with Gasteiger partial charge in [-0.3, -0.25) is 9.36 Å². The van der Waals surface area contributed by atoms with Crippen LogP contribution in [0.4, 0.5) is 5.69 Å². The number of hydrogen-bond acceptors (Lipinski definition) is 6. The zero-order valence-corrected chi connectivity index (χ0v) is 18.3. The van der Waals surface area contributed by atoms with E-state index in [2.05, 4.69) is 26.9 Å². The summed E-state index contributed by atoms with van der Waals surface area (Å²) in [6, 6.07) is 12.3. The van der Waals surface area contributed by atoms with E-state index in [4.69, 9.17) is 4.74 Å². The Labute approximate surface area is 184 Å². The van der Waals surface area contributed by atoms with Crippen molar-refractivity contribution < 1.29 is 9.53 Å². The van der Waals surface area contributed by atoms with E-state index in [1.807, 2.05) is 34.5 Å². The summed E-state index contributed by atoms with van der Waals surface area (Å²) in [6.45, 7) is 2.32. The molecule has 0 radical (unpaired) electrons. The maximum absolute atomic E-state index is 13.1. The number of para-hydroxylation sites is 1. The number of nitrogens with zero attached hydrogens (tertiary/aromatic N) is 4. The van der Waals surface area contributed by atoms with Crippen molar-refractivity contribution in [1.29, 1.82) is 0 Å². The van der Waals surface area contributed by atoms with Gasteiger partial charge in [0.05, 0.1) is 23.3 Å². The van der Waals surface area contributed by atoms with Crippen LogP contribution < -0.4 is 4.90 Å². The molecule has 4 heterocycles. The molecule has 3 aromatic rings. The van der Waals surface area contributed by atoms with Gasteiger partial charge in [0.15, 0.2) is 11.0 Å². The first-order valence-corrected chi connectivity index (χ1v) is 12.3. The standard InChI is InChI=1S/C22H24N4O2S2/c27-20(25-11-3-7-16-6-1-2-9-18(16)25)15-30-22-24-23-21(19-10-5-13-29-19)26(22)14-17-8-4-12-28-17/h1-2,5-6,9-10,13,17H,3-4,7-8,11-12,14-15H2. The van der Waals surface area contributed by atoms with Crippen molar-refractivity contribution in [1.82, 2.24) is 14.8 Å². The number of aryl methyl sites for hydroxylation is 1. The van der Waals surface area contributed by atoms with E-state index in [-0.39, 0.29) is 12.0 Å². The molecule has 1 unspecified atom stereocenters. The van der Waals surface area contributed by atoms with Gasteiger partial charge in [0.1, 0.15) is 0 Å². The van der Waals surface area contributed by atoms with Crippen molar-refractivity contribution in [3.05, 3.63) is 47.3 Å². The average Bonchev–Trinajstić information content (AvgIpc) is 3.54. The molecule has 8 heteroatoms. The second kappa shape index (κ2) is 8.91. The van der Waals surface area contributed by atoms with Crippen LogP contribution in [0.15, 0.2) is 46.9 Å². The molecule has 6 nitrogen and oxygen atoms in total. The third-order valence-corrected chi connectivity index (χ3v) is 7.42. The SMILES string of the molecule is O=C(CSc1nnc(-c2cccs2)n1CC1CCCO1)N1CCCc2ccccc21. The highest BCUT2D eigenvalue weighted by molar-refractivity contribution is 7.99. The molecular formula is C22H24N4O2S2. The molecule has 0 N–H and O–H groups in total. The van der Waals surface area contributed by atoms with Gasteiger partial charge in [-0.25, -0.2) is 0 Å². The highest BCUT2D eigenvalue weighted by atomic mass is 32.2. The number of ether oxygens (including phenoxy) is 1. The molecule has 0 bridgehead atoms. The second-order valence-electron chi connectivity index (χ2n) is 7.60. The van der Waals surface area contributed by atoms with Gasteiger partial charge in [0.25, 0.3) is 0 Å². The Balaban J connectivity index is 1.34. The number of thioether (sulfide) groups is 1. The number of anilines is 1. The molecule has 5 rings (SSSR count). The molecule has 1 amide bonds. The van der Waals surface area contributed by atoms with Crippen LogP contribution in [0.3, 0.4) is 0 Å². The van der Waals surface area contributed by atoms with Gasteiger partial charge in [-0.2, -0.15) is 0 Å². The lowest BCUT2D eigenvalue weighted by atomic mass is 10.0. The Hall–Kier alpha value is -2.16. The minimum Gasteiger partial charge on any atom is -0.376 e. The van der Waals surface area contributed by atoms with Crippen LogP contribution in [-0.4, -0.2) is 45.7 Å². The quantitative estimate of drug-likeness (QED) is 0.536. The summed E-state index contributed by atoms with van der Waals surface area (Å²) in [5, 5.41) is 11.7. The van der Waals surface area contributed by atoms with E-state index in [1.165, 1.54) is 17.3 Å². The van der Waals surface area contributed by atoms with Gasteiger partial charge in [-0.05, 0) is 48.8 Å². The van der Waals surface area contributed by atoms with Crippen LogP contribution in [-0.2, 0) is 22.5 Å². The number of hydrogen-bond donors (Lipinski definition) is 0. The van der Waals surface area contributed by atoms with Crippen LogP contribution in [0.1, 0.15) is 24.8 Å². The number of carbonyl (C=O) groups excluding carboxylic acids is 1. The van der Waals surface area contributed by atoms with E-state index >= 15 is 0 Å². The average molecular weight is 441 g/mol. The van der Waals surface area contributed by atoms with Crippen molar-refractivity contribution in [2.75, 3.05) is 23.8 Å². The fourth-order valence-corrected chi connectivity index (χ4v) is 5.68. The Morgan fingerprint density at radius 2 is 2.13 bits per heavy atom. The number of thiophene rings is 1. The number of benzene rings is 1. The highest BCUT2D eigenvalue weighted by Crippen LogP contribution is 2.31. The summed E-state index contributed by atoms with van der Waals surface area (Å²) in [5.74, 6) is 1.33. The predicted molar refractivity (Wildman–Crippen MR) is 120 cm³/mol. The summed E-state index contributed by atoms with van der Waals surface area (Å²) in [4.78, 5) is 16.1. The summed E-state index contributed by atoms with van der Waals surface area (Å²) in [7, 11) is 0. The number of carbonyl (C=O) groups is 1. The van der Waals surface area contributed by atoms with Gasteiger partial charge in [-0.1, -0.05) is 36.0 Å². The molecule has 0 aliphatic carbocycles. The highest BCUT2D eigenvalue weighted by Gasteiger charge is 2.25. The summed E-state index contributed by atoms with van der Waals surface area (Å²) in [6.07, 6.45) is 4.37. The van der Waals surface area contributed by atoms with Crippen molar-refractivity contribution >= 4 is 34.7 Å². The fraction of sp³-hybridized carbons (Fsp3) is 0.409. The normalized spacial score (nSPS) is 18.5. The molecule has 2 aliphatic rings. The van der Waals surface area contributed by atoms with E-state index in [0.717, 1.165) is 66.9 Å². The summed E-state index contributed by atoms with van der Waals surface area (Å²) in [5.41, 5.74) is 2.30. The molecule has 1 fully saturated rings. The second-order valence-corrected chi connectivity index (χ2v) is 9.49. The van der Waals surface area contributed by atoms with Gasteiger partial charge >= 0.3 is 0 Å².